The maximum atomic E-state index is 13.7. The van der Waals surface area contributed by atoms with E-state index in [1.165, 1.54) is 36.0 Å². The summed E-state index contributed by atoms with van der Waals surface area (Å²) in [6.07, 6.45) is -3.34. The summed E-state index contributed by atoms with van der Waals surface area (Å²) in [4.78, 5) is 35.0. The number of benzene rings is 1. The Hall–Kier alpha value is -3.85. The van der Waals surface area contributed by atoms with Crippen LogP contribution in [-0.4, -0.2) is 63.9 Å². The Morgan fingerprint density at radius 1 is 1.15 bits per heavy atom. The molecule has 1 saturated heterocycles. The Balaban J connectivity index is 2.07. The molecule has 0 amide bonds. The largest absolute Gasteiger partial charge is 0.463 e. The van der Waals surface area contributed by atoms with Gasteiger partial charge in [0.15, 0.2) is 18.3 Å². The zero-order chi connectivity index (χ0) is 24.1. The maximum absolute atomic E-state index is 13.7. The van der Waals surface area contributed by atoms with Crippen LogP contribution in [0.5, 0.6) is 0 Å². The smallest absolute Gasteiger partial charge is 0.303 e. The summed E-state index contributed by atoms with van der Waals surface area (Å²) in [5, 5.41) is 17.7. The van der Waals surface area contributed by atoms with Gasteiger partial charge in [-0.15, -0.1) is 5.10 Å². The van der Waals surface area contributed by atoms with Crippen molar-refractivity contribution in [3.63, 3.8) is 0 Å². The van der Waals surface area contributed by atoms with E-state index in [4.69, 9.17) is 18.9 Å². The first-order valence-electron chi connectivity index (χ1n) is 9.90. The number of hydrogen-bond donors (Lipinski definition) is 0. The maximum Gasteiger partial charge on any atom is 0.303 e. The zero-order valence-electron chi connectivity index (χ0n) is 18.0. The first-order valence-corrected chi connectivity index (χ1v) is 9.90. The summed E-state index contributed by atoms with van der Waals surface area (Å²) >= 11 is 0. The fourth-order valence-electron chi connectivity index (χ4n) is 3.53. The summed E-state index contributed by atoms with van der Waals surface area (Å²) in [5.74, 6) is -2.49. The van der Waals surface area contributed by atoms with Crippen LogP contribution in [0.4, 0.5) is 4.39 Å². The van der Waals surface area contributed by atoms with Crippen molar-refractivity contribution in [2.75, 3.05) is 6.61 Å². The first-order chi connectivity index (χ1) is 15.7. The minimum Gasteiger partial charge on any atom is -0.463 e. The van der Waals surface area contributed by atoms with Crippen LogP contribution in [0.15, 0.2) is 30.5 Å². The summed E-state index contributed by atoms with van der Waals surface area (Å²) in [6.45, 7) is 3.17. The van der Waals surface area contributed by atoms with E-state index in [9.17, 15) is 24.0 Å². The molecule has 5 atom stereocenters. The summed E-state index contributed by atoms with van der Waals surface area (Å²) in [7, 11) is 0. The highest BCUT2D eigenvalue weighted by molar-refractivity contribution is 5.67. The lowest BCUT2D eigenvalue weighted by Crippen LogP contribution is -2.58. The standard InChI is InChI=1S/C21H21FN4O7/c1-11(27)30-10-18-21(32-13(3)29)19(20(31-12(2)28)17(8-23)33-18)26-9-16(24-25-26)14-5-4-6-15(22)7-14/h4-7,9,17-21H,10H2,1-3H3/t17-,18+,19+,20-,21-/m0/s1. The third-order valence-electron chi connectivity index (χ3n) is 4.78. The van der Waals surface area contributed by atoms with Gasteiger partial charge in [0.05, 0.1) is 12.3 Å². The Morgan fingerprint density at radius 3 is 2.45 bits per heavy atom. The van der Waals surface area contributed by atoms with E-state index in [1.807, 2.05) is 6.07 Å². The van der Waals surface area contributed by atoms with Crippen molar-refractivity contribution < 1.29 is 37.7 Å². The van der Waals surface area contributed by atoms with Gasteiger partial charge in [-0.2, -0.15) is 5.26 Å². The Labute approximate surface area is 188 Å². The van der Waals surface area contributed by atoms with Gasteiger partial charge in [-0.3, -0.25) is 14.4 Å². The molecule has 0 aliphatic carbocycles. The molecule has 0 radical (unpaired) electrons. The van der Waals surface area contributed by atoms with Crippen molar-refractivity contribution in [3.8, 4) is 17.3 Å². The number of halogens is 1. The van der Waals surface area contributed by atoms with E-state index in [1.54, 1.807) is 6.07 Å². The molecular formula is C21H21FN4O7. The molecule has 1 aliphatic heterocycles. The van der Waals surface area contributed by atoms with Crippen LogP contribution < -0.4 is 0 Å². The van der Waals surface area contributed by atoms with Crippen LogP contribution in [-0.2, 0) is 33.3 Å². The number of nitrogens with zero attached hydrogens (tertiary/aromatic N) is 4. The average Bonchev–Trinajstić information content (AvgIpc) is 3.22. The normalized spacial score (nSPS) is 24.4. The number of esters is 3. The van der Waals surface area contributed by atoms with E-state index in [2.05, 4.69) is 10.3 Å². The molecule has 1 aromatic carbocycles. The van der Waals surface area contributed by atoms with Crippen molar-refractivity contribution in [1.82, 2.24) is 15.0 Å². The van der Waals surface area contributed by atoms with Gasteiger partial charge in [-0.05, 0) is 12.1 Å². The third-order valence-corrected chi connectivity index (χ3v) is 4.78. The molecule has 11 nitrogen and oxygen atoms in total. The molecule has 0 N–H and O–H groups in total. The molecule has 1 aliphatic rings. The van der Waals surface area contributed by atoms with Crippen LogP contribution in [0.3, 0.4) is 0 Å². The van der Waals surface area contributed by atoms with E-state index >= 15 is 0 Å². The van der Waals surface area contributed by atoms with Gasteiger partial charge in [0, 0.05) is 26.3 Å². The Kier molecular flexibility index (Phi) is 7.34. The molecule has 12 heteroatoms. The average molecular weight is 460 g/mol. The summed E-state index contributed by atoms with van der Waals surface area (Å²) < 4.78 is 36.4. The minimum atomic E-state index is -1.30. The predicted molar refractivity (Wildman–Crippen MR) is 106 cm³/mol. The van der Waals surface area contributed by atoms with Gasteiger partial charge in [0.25, 0.3) is 0 Å². The molecular weight excluding hydrogens is 439 g/mol. The van der Waals surface area contributed by atoms with Crippen molar-refractivity contribution in [2.24, 2.45) is 0 Å². The zero-order valence-corrected chi connectivity index (χ0v) is 18.0. The molecule has 2 aromatic rings. The molecule has 0 bridgehead atoms. The Morgan fingerprint density at radius 2 is 1.85 bits per heavy atom. The van der Waals surface area contributed by atoms with Gasteiger partial charge in [0.1, 0.15) is 30.3 Å². The highest BCUT2D eigenvalue weighted by atomic mass is 19.1. The van der Waals surface area contributed by atoms with Crippen LogP contribution in [0.25, 0.3) is 11.3 Å². The highest BCUT2D eigenvalue weighted by Gasteiger charge is 2.52. The fraction of sp³-hybridized carbons (Fsp3) is 0.429. The van der Waals surface area contributed by atoms with Crippen LogP contribution in [0.1, 0.15) is 26.8 Å². The predicted octanol–water partition coefficient (Wildman–Crippen LogP) is 1.34. The number of carbonyl (C=O) groups excluding carboxylic acids is 3. The van der Waals surface area contributed by atoms with Crippen LogP contribution in [0.2, 0.25) is 0 Å². The van der Waals surface area contributed by atoms with Gasteiger partial charge < -0.3 is 18.9 Å². The number of carbonyl (C=O) groups is 3. The van der Waals surface area contributed by atoms with E-state index in [-0.39, 0.29) is 12.3 Å². The lowest BCUT2D eigenvalue weighted by atomic mass is 9.92. The van der Waals surface area contributed by atoms with E-state index < -0.39 is 54.2 Å². The van der Waals surface area contributed by atoms with Crippen LogP contribution in [0, 0.1) is 17.1 Å². The molecule has 0 saturated carbocycles. The molecule has 0 spiro atoms. The van der Waals surface area contributed by atoms with E-state index in [0.29, 0.717) is 5.56 Å². The monoisotopic (exact) mass is 460 g/mol. The number of nitriles is 1. The van der Waals surface area contributed by atoms with Gasteiger partial charge in [-0.1, -0.05) is 17.3 Å². The molecule has 2 heterocycles. The molecule has 1 fully saturated rings. The van der Waals surface area contributed by atoms with Crippen molar-refractivity contribution in [1.29, 1.82) is 5.26 Å². The molecule has 174 valence electrons. The second kappa shape index (κ2) is 10.2. The number of ether oxygens (including phenoxy) is 4. The van der Waals surface area contributed by atoms with Crippen LogP contribution >= 0.6 is 0 Å². The first kappa shape index (κ1) is 23.8. The summed E-state index contributed by atoms with van der Waals surface area (Å²) in [6, 6.07) is 6.50. The SMILES string of the molecule is CC(=O)OC[C@H]1O[C@@H](C#N)[C@H](OC(C)=O)[C@@H](n2cc(-c3cccc(F)c3)nn2)[C@H]1OC(C)=O. The topological polar surface area (TPSA) is 143 Å². The minimum absolute atomic E-state index is 0.286. The highest BCUT2D eigenvalue weighted by Crippen LogP contribution is 2.35. The molecule has 0 unspecified atom stereocenters. The molecule has 1 aromatic heterocycles. The second-order valence-electron chi connectivity index (χ2n) is 7.26. The number of rotatable bonds is 6. The van der Waals surface area contributed by atoms with Gasteiger partial charge in [0.2, 0.25) is 0 Å². The molecule has 3 rings (SSSR count). The second-order valence-corrected chi connectivity index (χ2v) is 7.26. The lowest BCUT2D eigenvalue weighted by Gasteiger charge is -2.42. The van der Waals surface area contributed by atoms with Crippen molar-refractivity contribution in [3.05, 3.63) is 36.3 Å². The third kappa shape index (κ3) is 5.69. The van der Waals surface area contributed by atoms with Gasteiger partial charge >= 0.3 is 17.9 Å². The lowest BCUT2D eigenvalue weighted by molar-refractivity contribution is -0.218. The molecule has 33 heavy (non-hydrogen) atoms. The summed E-state index contributed by atoms with van der Waals surface area (Å²) in [5.41, 5.74) is 0.712. The fourth-order valence-corrected chi connectivity index (χ4v) is 3.53. The number of aromatic nitrogens is 3. The quantitative estimate of drug-likeness (QED) is 0.458. The van der Waals surface area contributed by atoms with Crippen molar-refractivity contribution in [2.45, 2.75) is 51.2 Å². The van der Waals surface area contributed by atoms with Crippen molar-refractivity contribution >= 4 is 17.9 Å². The van der Waals surface area contributed by atoms with E-state index in [0.717, 1.165) is 13.8 Å². The number of hydrogen-bond acceptors (Lipinski definition) is 10. The van der Waals surface area contributed by atoms with Gasteiger partial charge in [-0.25, -0.2) is 9.07 Å². The Bertz CT molecular complexity index is 1080.